The summed E-state index contributed by atoms with van der Waals surface area (Å²) in [6.45, 7) is 8.39. The molecular weight excluding hydrogens is 303 g/mol. The number of nitrogens with one attached hydrogen (secondary N) is 2. The van der Waals surface area contributed by atoms with Crippen molar-refractivity contribution in [2.24, 2.45) is 0 Å². The molecule has 0 unspecified atom stereocenters. The zero-order valence-corrected chi connectivity index (χ0v) is 15.0. The molecule has 10 heteroatoms. The number of carboxylic acid groups (broad SMARTS) is 1. The third-order valence-electron chi connectivity index (χ3n) is 1.70. The molecule has 0 saturated heterocycles. The van der Waals surface area contributed by atoms with E-state index in [1.54, 1.807) is 6.92 Å². The van der Waals surface area contributed by atoms with Crippen LogP contribution in [0.2, 0.25) is 0 Å². The van der Waals surface area contributed by atoms with Crippen molar-refractivity contribution in [3.05, 3.63) is 0 Å². The summed E-state index contributed by atoms with van der Waals surface area (Å²) in [5.74, 6) is -0.964. The summed E-state index contributed by atoms with van der Waals surface area (Å²) in [6.07, 6.45) is 2.02. The van der Waals surface area contributed by atoms with Gasteiger partial charge >= 0.3 is 30.8 Å². The topological polar surface area (TPSA) is 169 Å². The maximum atomic E-state index is 10.6. The first-order valence-electron chi connectivity index (χ1n) is 6.81. The minimum atomic E-state index is -0.793. The summed E-state index contributed by atoms with van der Waals surface area (Å²) in [7, 11) is 1.00. The molecule has 0 aliphatic heterocycles. The quantitative estimate of drug-likeness (QED) is 0.189. The van der Waals surface area contributed by atoms with Crippen LogP contribution in [0.5, 0.6) is 0 Å². The van der Waals surface area contributed by atoms with E-state index in [-0.39, 0.29) is 42.3 Å². The van der Waals surface area contributed by atoms with Crippen LogP contribution in [0.25, 0.3) is 0 Å². The summed E-state index contributed by atoms with van der Waals surface area (Å²) < 4.78 is 4.69. The molecule has 23 heavy (non-hydrogen) atoms. The monoisotopic (exact) mass is 336 g/mol. The van der Waals surface area contributed by atoms with E-state index in [9.17, 15) is 9.59 Å². The van der Waals surface area contributed by atoms with Crippen LogP contribution >= 0.6 is 0 Å². The molecule has 0 fully saturated rings. The molecule has 0 aromatic carbocycles. The number of ether oxygens (including phenoxy) is 1. The Balaban J connectivity index is -0.0000000513. The molecule has 0 rings (SSSR count). The fraction of sp³-hybridized carbons (Fsp3) is 0.846. The molecule has 0 spiro atoms. The Morgan fingerprint density at radius 2 is 1.35 bits per heavy atom. The van der Waals surface area contributed by atoms with Gasteiger partial charge in [0.1, 0.15) is 0 Å². The number of aliphatic hydroxyl groups excluding tert-OH is 1. The predicted molar refractivity (Wildman–Crippen MR) is 84.3 cm³/mol. The Morgan fingerprint density at radius 3 is 1.65 bits per heavy atom. The Bertz CT molecular complexity index is 222. The number of aliphatic carboxylic acids is 1. The van der Waals surface area contributed by atoms with Gasteiger partial charge in [0.25, 0.3) is 0 Å². The van der Waals surface area contributed by atoms with Crippen molar-refractivity contribution in [1.82, 2.24) is 10.6 Å². The first-order valence-corrected chi connectivity index (χ1v) is 6.81. The zero-order chi connectivity index (χ0) is 16.2. The van der Waals surface area contributed by atoms with E-state index in [1.807, 2.05) is 6.92 Å². The van der Waals surface area contributed by atoms with Crippen LogP contribution in [-0.4, -0.2) is 73.0 Å². The first kappa shape index (κ1) is 38.1. The van der Waals surface area contributed by atoms with Crippen molar-refractivity contribution in [2.45, 2.75) is 33.6 Å². The van der Waals surface area contributed by atoms with Gasteiger partial charge in [0.15, 0.2) is 0 Å². The minimum Gasteiger partial charge on any atom is -0.870 e. The van der Waals surface area contributed by atoms with Gasteiger partial charge in [-0.05, 0) is 32.9 Å². The Kier molecular flexibility index (Phi) is 62.2. The smallest absolute Gasteiger partial charge is 0.870 e. The van der Waals surface area contributed by atoms with Crippen LogP contribution in [0.1, 0.15) is 33.6 Å². The van der Waals surface area contributed by atoms with Gasteiger partial charge < -0.3 is 36.5 Å². The fourth-order valence-electron chi connectivity index (χ4n) is 0.951. The summed E-state index contributed by atoms with van der Waals surface area (Å²) in [5, 5.41) is 20.8. The molecule has 0 aliphatic rings. The van der Waals surface area contributed by atoms with Crippen molar-refractivity contribution in [2.75, 3.05) is 39.9 Å². The predicted octanol–water partition coefficient (Wildman–Crippen LogP) is -3.77. The average Bonchev–Trinajstić information content (AvgIpc) is 2.42. The molecule has 0 amide bonds. The van der Waals surface area contributed by atoms with E-state index >= 15 is 0 Å². The molecule has 0 atom stereocenters. The van der Waals surface area contributed by atoms with Gasteiger partial charge in [-0.3, -0.25) is 9.59 Å². The minimum absolute atomic E-state index is 0. The number of hydrogen-bond donors (Lipinski definition) is 4. The van der Waals surface area contributed by atoms with E-state index in [2.05, 4.69) is 22.3 Å². The van der Waals surface area contributed by atoms with Crippen LogP contribution < -0.4 is 29.5 Å². The summed E-state index contributed by atoms with van der Waals surface area (Å²) >= 11 is 0. The molecule has 0 saturated carbocycles. The van der Waals surface area contributed by atoms with Crippen LogP contribution in [0, 0.1) is 0 Å². The molecule has 0 heterocycles. The van der Waals surface area contributed by atoms with Gasteiger partial charge in [0.05, 0.1) is 19.7 Å². The number of esters is 1. The molecule has 0 aromatic heterocycles. The molecular formula is C13H33LiN2O7. The second-order valence-corrected chi connectivity index (χ2v) is 3.55. The van der Waals surface area contributed by atoms with Crippen molar-refractivity contribution >= 4 is 11.9 Å². The molecule has 0 bridgehead atoms. The molecule has 0 radical (unpaired) electrons. The van der Waals surface area contributed by atoms with Gasteiger partial charge in [0.2, 0.25) is 0 Å². The van der Waals surface area contributed by atoms with Crippen LogP contribution in [0.4, 0.5) is 0 Å². The molecule has 9 nitrogen and oxygen atoms in total. The maximum Gasteiger partial charge on any atom is 1.00 e. The zero-order valence-electron chi connectivity index (χ0n) is 15.0. The SMILES string of the molecule is CCCNCC(=O)O.CCCNCC(=O)OCC.CO.O.[Li+].[OH-]. The number of carbonyl (C=O) groups excluding carboxylic acids is 1. The van der Waals surface area contributed by atoms with Crippen molar-refractivity contribution < 1.29 is 54.4 Å². The maximum absolute atomic E-state index is 10.6. The third kappa shape index (κ3) is 52.4. The van der Waals surface area contributed by atoms with Crippen molar-refractivity contribution in [1.29, 1.82) is 0 Å². The van der Waals surface area contributed by atoms with Gasteiger partial charge in [-0.15, -0.1) is 0 Å². The largest absolute Gasteiger partial charge is 1.00 e. The van der Waals surface area contributed by atoms with Gasteiger partial charge in [0, 0.05) is 7.11 Å². The summed E-state index contributed by atoms with van der Waals surface area (Å²) in [5.41, 5.74) is 0. The molecule has 0 aliphatic carbocycles. The first-order chi connectivity index (χ1) is 9.58. The van der Waals surface area contributed by atoms with Gasteiger partial charge in [-0.25, -0.2) is 0 Å². The number of carboxylic acids is 1. The van der Waals surface area contributed by atoms with E-state index in [1.165, 1.54) is 0 Å². The Hall–Kier alpha value is -0.663. The summed E-state index contributed by atoms with van der Waals surface area (Å²) in [6, 6.07) is 0. The van der Waals surface area contributed by atoms with E-state index in [0.717, 1.165) is 33.0 Å². The molecule has 7 N–H and O–H groups in total. The third-order valence-corrected chi connectivity index (χ3v) is 1.70. The van der Waals surface area contributed by atoms with Crippen molar-refractivity contribution in [3.8, 4) is 0 Å². The number of rotatable bonds is 9. The normalized spacial score (nSPS) is 7.52. The van der Waals surface area contributed by atoms with E-state index in [0.29, 0.717) is 13.2 Å². The van der Waals surface area contributed by atoms with Crippen LogP contribution in [0.15, 0.2) is 0 Å². The fourth-order valence-corrected chi connectivity index (χ4v) is 0.951. The second-order valence-electron chi connectivity index (χ2n) is 3.55. The van der Waals surface area contributed by atoms with Crippen LogP contribution in [0.3, 0.4) is 0 Å². The average molecular weight is 336 g/mol. The molecule has 138 valence electrons. The number of hydrogen-bond acceptors (Lipinski definition) is 7. The van der Waals surface area contributed by atoms with Crippen LogP contribution in [-0.2, 0) is 14.3 Å². The van der Waals surface area contributed by atoms with E-state index < -0.39 is 5.97 Å². The standard InChI is InChI=1S/C7H15NO2.C5H11NO2.CH4O.Li.2H2O/c1-3-5-8-6-7(9)10-4-2;1-2-3-6-4-5(7)8;1-2;;;/h8H,3-6H2,1-2H3;6H,2-4H2,1H3,(H,7,8);2H,1H3;;2*1H2/q;;;+1;;/p-1. The number of aliphatic hydroxyl groups is 1. The number of carbonyl (C=O) groups is 2. The Labute approximate surface area is 151 Å². The van der Waals surface area contributed by atoms with E-state index in [4.69, 9.17) is 10.2 Å². The summed E-state index contributed by atoms with van der Waals surface area (Å²) in [4.78, 5) is 20.4. The molecule has 0 aromatic rings. The second kappa shape index (κ2) is 37.5. The van der Waals surface area contributed by atoms with Crippen molar-refractivity contribution in [3.63, 3.8) is 0 Å². The Morgan fingerprint density at radius 1 is 0.957 bits per heavy atom. The van der Waals surface area contributed by atoms with Gasteiger partial charge in [-0.2, -0.15) is 0 Å². The van der Waals surface area contributed by atoms with Gasteiger partial charge in [-0.1, -0.05) is 13.8 Å².